The number of benzene rings is 2. The molecule has 0 saturated heterocycles. The van der Waals surface area contributed by atoms with E-state index in [2.05, 4.69) is 10.0 Å². The molecule has 1 saturated carbocycles. The number of halogens is 1. The molecule has 2 aromatic carbocycles. The maximum absolute atomic E-state index is 13.1. The molecule has 4 nitrogen and oxygen atoms in total. The Morgan fingerprint density at radius 1 is 0.920 bits per heavy atom. The number of sulfonamides is 1. The summed E-state index contributed by atoms with van der Waals surface area (Å²) in [5, 5.41) is 3.35. The van der Waals surface area contributed by atoms with Crippen molar-refractivity contribution in [3.05, 3.63) is 59.9 Å². The third kappa shape index (κ3) is 4.58. The highest BCUT2D eigenvalue weighted by Crippen LogP contribution is 2.24. The highest BCUT2D eigenvalue weighted by Gasteiger charge is 2.29. The summed E-state index contributed by atoms with van der Waals surface area (Å²) in [6.45, 7) is 1.92. The van der Waals surface area contributed by atoms with E-state index in [1.54, 1.807) is 36.4 Å². The van der Waals surface area contributed by atoms with Crippen molar-refractivity contribution in [2.75, 3.05) is 5.32 Å². The van der Waals surface area contributed by atoms with Crippen molar-refractivity contribution in [1.29, 1.82) is 0 Å². The van der Waals surface area contributed by atoms with E-state index in [0.29, 0.717) is 0 Å². The summed E-state index contributed by atoms with van der Waals surface area (Å²) in [7, 11) is -3.56. The van der Waals surface area contributed by atoms with Crippen LogP contribution in [0.25, 0.3) is 0 Å². The first-order chi connectivity index (χ1) is 11.9. The molecule has 0 radical (unpaired) electrons. The van der Waals surface area contributed by atoms with Gasteiger partial charge in [0.25, 0.3) is 0 Å². The van der Waals surface area contributed by atoms with Crippen LogP contribution in [0.1, 0.15) is 31.2 Å². The van der Waals surface area contributed by atoms with Crippen molar-refractivity contribution in [2.24, 2.45) is 0 Å². The Morgan fingerprint density at radius 2 is 1.52 bits per heavy atom. The van der Waals surface area contributed by atoms with Crippen molar-refractivity contribution < 1.29 is 12.8 Å². The van der Waals surface area contributed by atoms with Gasteiger partial charge in [0.2, 0.25) is 10.0 Å². The third-order valence-electron chi connectivity index (χ3n) is 4.60. The monoisotopic (exact) mass is 362 g/mol. The Balaban J connectivity index is 1.74. The van der Waals surface area contributed by atoms with Crippen LogP contribution in [0.15, 0.2) is 53.4 Å². The average molecular weight is 362 g/mol. The smallest absolute Gasteiger partial charge is 0.240 e. The standard InChI is InChI=1S/C19H23FN2O2S/c1-14-6-12-17(13-7-14)25(23,24)22-19-5-3-2-4-18(19)21-16-10-8-15(20)9-11-16/h6-13,18-19,21-22H,2-5H2,1H3/t18-,19-/m0/s1. The normalized spacial score (nSPS) is 21.0. The Morgan fingerprint density at radius 3 is 2.16 bits per heavy atom. The largest absolute Gasteiger partial charge is 0.381 e. The molecule has 1 aliphatic rings. The van der Waals surface area contributed by atoms with Gasteiger partial charge in [-0.15, -0.1) is 0 Å². The van der Waals surface area contributed by atoms with Gasteiger partial charge in [-0.2, -0.15) is 0 Å². The number of hydrogen-bond acceptors (Lipinski definition) is 3. The summed E-state index contributed by atoms with van der Waals surface area (Å²) in [4.78, 5) is 0.282. The van der Waals surface area contributed by atoms with Crippen molar-refractivity contribution >= 4 is 15.7 Å². The molecule has 1 fully saturated rings. The number of anilines is 1. The fourth-order valence-electron chi connectivity index (χ4n) is 3.19. The highest BCUT2D eigenvalue weighted by atomic mass is 32.2. The lowest BCUT2D eigenvalue weighted by atomic mass is 9.91. The predicted molar refractivity (Wildman–Crippen MR) is 97.6 cm³/mol. The molecule has 0 bridgehead atoms. The van der Waals surface area contributed by atoms with Crippen LogP contribution in [0.2, 0.25) is 0 Å². The molecule has 25 heavy (non-hydrogen) atoms. The zero-order valence-corrected chi connectivity index (χ0v) is 15.0. The Bertz CT molecular complexity index is 804. The van der Waals surface area contributed by atoms with Crippen LogP contribution in [-0.2, 0) is 10.0 Å². The number of hydrogen-bond donors (Lipinski definition) is 2. The lowest BCUT2D eigenvalue weighted by molar-refractivity contribution is 0.378. The molecule has 0 spiro atoms. The van der Waals surface area contributed by atoms with Gasteiger partial charge in [0, 0.05) is 17.8 Å². The van der Waals surface area contributed by atoms with E-state index in [9.17, 15) is 12.8 Å². The van der Waals surface area contributed by atoms with Gasteiger partial charge in [0.15, 0.2) is 0 Å². The molecule has 0 aliphatic heterocycles. The minimum atomic E-state index is -3.56. The van der Waals surface area contributed by atoms with Gasteiger partial charge in [-0.1, -0.05) is 30.5 Å². The quantitative estimate of drug-likeness (QED) is 0.850. The van der Waals surface area contributed by atoms with Gasteiger partial charge >= 0.3 is 0 Å². The van der Waals surface area contributed by atoms with Gasteiger partial charge in [-0.05, 0) is 56.2 Å². The molecule has 2 aromatic rings. The number of nitrogens with one attached hydrogen (secondary N) is 2. The van der Waals surface area contributed by atoms with Crippen LogP contribution in [-0.4, -0.2) is 20.5 Å². The summed E-state index contributed by atoms with van der Waals surface area (Å²) in [5.41, 5.74) is 1.82. The number of aryl methyl sites for hydroxylation is 1. The zero-order valence-electron chi connectivity index (χ0n) is 14.2. The molecule has 6 heteroatoms. The first-order valence-corrected chi connectivity index (χ1v) is 10.0. The van der Waals surface area contributed by atoms with E-state index >= 15 is 0 Å². The lowest BCUT2D eigenvalue weighted by Crippen LogP contribution is -2.48. The predicted octanol–water partition coefficient (Wildman–Crippen LogP) is 3.84. The van der Waals surface area contributed by atoms with Crippen LogP contribution >= 0.6 is 0 Å². The second kappa shape index (κ2) is 7.54. The summed E-state index contributed by atoms with van der Waals surface area (Å²) < 4.78 is 41.2. The van der Waals surface area contributed by atoms with E-state index in [1.165, 1.54) is 12.1 Å². The molecule has 134 valence electrons. The van der Waals surface area contributed by atoms with Crippen LogP contribution in [0.5, 0.6) is 0 Å². The molecule has 2 N–H and O–H groups in total. The van der Waals surface area contributed by atoms with Crippen molar-refractivity contribution in [1.82, 2.24) is 4.72 Å². The molecular weight excluding hydrogens is 339 g/mol. The van der Waals surface area contributed by atoms with Gasteiger partial charge in [0.05, 0.1) is 4.90 Å². The van der Waals surface area contributed by atoms with Gasteiger partial charge < -0.3 is 5.32 Å². The molecule has 2 atom stereocenters. The van der Waals surface area contributed by atoms with Crippen LogP contribution in [0, 0.1) is 12.7 Å². The van der Waals surface area contributed by atoms with Crippen LogP contribution < -0.4 is 10.0 Å². The molecule has 0 unspecified atom stereocenters. The summed E-state index contributed by atoms with van der Waals surface area (Å²) in [6, 6.07) is 12.8. The number of rotatable bonds is 5. The lowest BCUT2D eigenvalue weighted by Gasteiger charge is -2.33. The molecule has 0 aromatic heterocycles. The molecule has 0 amide bonds. The minimum Gasteiger partial charge on any atom is -0.381 e. The maximum atomic E-state index is 13.1. The highest BCUT2D eigenvalue weighted by molar-refractivity contribution is 7.89. The van der Waals surface area contributed by atoms with Gasteiger partial charge in [-0.25, -0.2) is 17.5 Å². The van der Waals surface area contributed by atoms with Crippen molar-refractivity contribution in [2.45, 2.75) is 49.6 Å². The van der Waals surface area contributed by atoms with E-state index in [4.69, 9.17) is 0 Å². The third-order valence-corrected chi connectivity index (χ3v) is 6.11. The van der Waals surface area contributed by atoms with E-state index in [0.717, 1.165) is 36.9 Å². The SMILES string of the molecule is Cc1ccc(S(=O)(=O)N[C@H]2CCCC[C@@H]2Nc2ccc(F)cc2)cc1. The van der Waals surface area contributed by atoms with Crippen molar-refractivity contribution in [3.8, 4) is 0 Å². The fourth-order valence-corrected chi connectivity index (χ4v) is 4.50. The first kappa shape index (κ1) is 17.9. The van der Waals surface area contributed by atoms with Crippen LogP contribution in [0.3, 0.4) is 0 Å². The Kier molecular flexibility index (Phi) is 5.39. The van der Waals surface area contributed by atoms with E-state index < -0.39 is 10.0 Å². The summed E-state index contributed by atoms with van der Waals surface area (Å²) in [6.07, 6.45) is 3.69. The summed E-state index contributed by atoms with van der Waals surface area (Å²) in [5.74, 6) is -0.286. The first-order valence-electron chi connectivity index (χ1n) is 8.55. The van der Waals surface area contributed by atoms with E-state index in [-0.39, 0.29) is 22.8 Å². The van der Waals surface area contributed by atoms with E-state index in [1.807, 2.05) is 6.92 Å². The molecular formula is C19H23FN2O2S. The fraction of sp³-hybridized carbons (Fsp3) is 0.368. The summed E-state index contributed by atoms with van der Waals surface area (Å²) >= 11 is 0. The molecule has 0 heterocycles. The zero-order chi connectivity index (χ0) is 17.9. The molecule has 3 rings (SSSR count). The van der Waals surface area contributed by atoms with Crippen LogP contribution in [0.4, 0.5) is 10.1 Å². The minimum absolute atomic E-state index is 0.0144. The Labute approximate surface area is 148 Å². The molecule has 1 aliphatic carbocycles. The second-order valence-electron chi connectivity index (χ2n) is 6.58. The van der Waals surface area contributed by atoms with Gasteiger partial charge in [-0.3, -0.25) is 0 Å². The van der Waals surface area contributed by atoms with Crippen molar-refractivity contribution in [3.63, 3.8) is 0 Å². The van der Waals surface area contributed by atoms with Gasteiger partial charge in [0.1, 0.15) is 5.82 Å². The average Bonchev–Trinajstić information content (AvgIpc) is 2.59. The second-order valence-corrected chi connectivity index (χ2v) is 8.30. The topological polar surface area (TPSA) is 58.2 Å². The Hall–Kier alpha value is -1.92. The maximum Gasteiger partial charge on any atom is 0.240 e.